The molecule has 1 N–H and O–H groups in total. The maximum atomic E-state index is 11.9. The first-order valence-corrected chi connectivity index (χ1v) is 7.53. The Morgan fingerprint density at radius 1 is 1.37 bits per heavy atom. The van der Waals surface area contributed by atoms with E-state index in [0.29, 0.717) is 5.75 Å². The molecule has 7 heteroatoms. The highest BCUT2D eigenvalue weighted by Gasteiger charge is 2.27. The van der Waals surface area contributed by atoms with E-state index >= 15 is 0 Å². The van der Waals surface area contributed by atoms with E-state index in [1.54, 1.807) is 6.07 Å². The van der Waals surface area contributed by atoms with E-state index in [0.717, 1.165) is 23.1 Å². The van der Waals surface area contributed by atoms with Gasteiger partial charge in [-0.2, -0.15) is 13.2 Å². The summed E-state index contributed by atoms with van der Waals surface area (Å²) in [7, 11) is 0. The van der Waals surface area contributed by atoms with Gasteiger partial charge >= 0.3 is 5.51 Å². The maximum Gasteiger partial charge on any atom is 0.441 e. The minimum absolute atomic E-state index is 0.0231. The Morgan fingerprint density at radius 3 is 2.68 bits per heavy atom. The van der Waals surface area contributed by atoms with Crippen molar-refractivity contribution in [2.24, 2.45) is 0 Å². The zero-order valence-corrected chi connectivity index (χ0v) is 12.8. The van der Waals surface area contributed by atoms with Gasteiger partial charge < -0.3 is 10.1 Å². The summed E-state index contributed by atoms with van der Waals surface area (Å²) in [6, 6.07) is 5.55. The lowest BCUT2D eigenvalue weighted by Gasteiger charge is -2.10. The third kappa shape index (κ3) is 7.08. The predicted molar refractivity (Wildman–Crippen MR) is 75.5 cm³/mol. The van der Waals surface area contributed by atoms with Crippen molar-refractivity contribution in [2.45, 2.75) is 19.0 Å². The number of nitrogens with one attached hydrogen (secondary N) is 1. The second kappa shape index (κ2) is 8.01. The van der Waals surface area contributed by atoms with E-state index in [2.05, 4.69) is 21.2 Å². The number of halogens is 4. The Bertz CT molecular complexity index is 401. The summed E-state index contributed by atoms with van der Waals surface area (Å²) in [5.41, 5.74) is -3.11. The second-order valence-electron chi connectivity index (χ2n) is 3.69. The Labute approximate surface area is 123 Å². The van der Waals surface area contributed by atoms with Gasteiger partial charge in [-0.3, -0.25) is 0 Å². The van der Waals surface area contributed by atoms with E-state index in [4.69, 9.17) is 4.74 Å². The van der Waals surface area contributed by atoms with E-state index in [1.165, 1.54) is 0 Å². The molecule has 0 unspecified atom stereocenters. The molecule has 108 valence electrons. The zero-order valence-electron chi connectivity index (χ0n) is 10.4. The smallest absolute Gasteiger partial charge is 0.441 e. The Kier molecular flexibility index (Phi) is 7.02. The number of thioether (sulfide) groups is 1. The van der Waals surface area contributed by atoms with E-state index in [1.807, 2.05) is 19.1 Å². The van der Waals surface area contributed by atoms with Crippen molar-refractivity contribution in [1.29, 1.82) is 0 Å². The van der Waals surface area contributed by atoms with Crippen LogP contribution in [-0.2, 0) is 6.54 Å². The van der Waals surface area contributed by atoms with Gasteiger partial charge in [0.05, 0.1) is 11.1 Å². The predicted octanol–water partition coefficient (Wildman–Crippen LogP) is 4.19. The minimum atomic E-state index is -4.20. The van der Waals surface area contributed by atoms with Crippen molar-refractivity contribution >= 4 is 27.7 Å². The van der Waals surface area contributed by atoms with Crippen LogP contribution in [0, 0.1) is 0 Å². The summed E-state index contributed by atoms with van der Waals surface area (Å²) in [4.78, 5) is 0. The molecule has 0 aromatic heterocycles. The summed E-state index contributed by atoms with van der Waals surface area (Å²) in [5, 5.41) is 3.19. The number of hydrogen-bond acceptors (Lipinski definition) is 3. The van der Waals surface area contributed by atoms with Gasteiger partial charge in [-0.05, 0) is 51.9 Å². The van der Waals surface area contributed by atoms with E-state index in [-0.39, 0.29) is 24.1 Å². The van der Waals surface area contributed by atoms with Crippen molar-refractivity contribution in [2.75, 3.05) is 18.9 Å². The SMILES string of the molecule is CCNCc1ccc(OCCSC(F)(F)F)c(Br)c1. The topological polar surface area (TPSA) is 21.3 Å². The van der Waals surface area contributed by atoms with Crippen LogP contribution in [0.3, 0.4) is 0 Å². The molecular weight excluding hydrogens is 343 g/mol. The molecule has 0 radical (unpaired) electrons. The molecule has 1 rings (SSSR count). The van der Waals surface area contributed by atoms with Gasteiger partial charge in [0, 0.05) is 12.3 Å². The zero-order chi connectivity index (χ0) is 14.3. The first kappa shape index (κ1) is 16.7. The Balaban J connectivity index is 2.42. The molecule has 0 aliphatic rings. The van der Waals surface area contributed by atoms with Gasteiger partial charge in [0.2, 0.25) is 0 Å². The molecule has 1 aromatic rings. The molecule has 0 spiro atoms. The molecule has 0 aliphatic carbocycles. The minimum Gasteiger partial charge on any atom is -0.492 e. The quantitative estimate of drug-likeness (QED) is 0.739. The Hall–Kier alpha value is -0.400. The summed E-state index contributed by atoms with van der Waals surface area (Å²) in [6.07, 6.45) is 0. The molecule has 0 amide bonds. The molecule has 0 heterocycles. The molecule has 0 fully saturated rings. The van der Waals surface area contributed by atoms with Crippen LogP contribution in [0.1, 0.15) is 12.5 Å². The number of hydrogen-bond donors (Lipinski definition) is 1. The summed E-state index contributed by atoms with van der Waals surface area (Å²) in [5.74, 6) is 0.442. The average molecular weight is 358 g/mol. The maximum absolute atomic E-state index is 11.9. The van der Waals surface area contributed by atoms with Crippen molar-refractivity contribution in [3.8, 4) is 5.75 Å². The standard InChI is InChI=1S/C12H15BrF3NOS/c1-2-17-8-9-3-4-11(10(13)7-9)18-5-6-19-12(14,15)16/h3-4,7,17H,2,5-6,8H2,1H3. The van der Waals surface area contributed by atoms with Crippen LogP contribution in [0.15, 0.2) is 22.7 Å². The summed E-state index contributed by atoms with van der Waals surface area (Å²) in [6.45, 7) is 3.67. The number of benzene rings is 1. The van der Waals surface area contributed by atoms with Crippen LogP contribution < -0.4 is 10.1 Å². The lowest BCUT2D eigenvalue weighted by Crippen LogP contribution is -2.11. The first-order valence-electron chi connectivity index (χ1n) is 5.75. The molecule has 0 atom stereocenters. The third-order valence-electron chi connectivity index (χ3n) is 2.18. The fourth-order valence-corrected chi connectivity index (χ4v) is 2.29. The van der Waals surface area contributed by atoms with Crippen LogP contribution in [0.5, 0.6) is 5.75 Å². The largest absolute Gasteiger partial charge is 0.492 e. The molecule has 0 bridgehead atoms. The van der Waals surface area contributed by atoms with Gasteiger partial charge in [0.1, 0.15) is 5.75 Å². The van der Waals surface area contributed by atoms with Gasteiger partial charge in [0.15, 0.2) is 0 Å². The molecule has 0 saturated carbocycles. The number of alkyl halides is 3. The monoisotopic (exact) mass is 357 g/mol. The van der Waals surface area contributed by atoms with Crippen LogP contribution in [0.4, 0.5) is 13.2 Å². The Morgan fingerprint density at radius 2 is 2.11 bits per heavy atom. The van der Waals surface area contributed by atoms with Gasteiger partial charge in [0.25, 0.3) is 0 Å². The molecule has 0 saturated heterocycles. The van der Waals surface area contributed by atoms with Crippen LogP contribution in [-0.4, -0.2) is 24.4 Å². The highest BCUT2D eigenvalue weighted by molar-refractivity contribution is 9.10. The fraction of sp³-hybridized carbons (Fsp3) is 0.500. The average Bonchev–Trinajstić information content (AvgIpc) is 2.32. The van der Waals surface area contributed by atoms with Crippen molar-refractivity contribution in [3.05, 3.63) is 28.2 Å². The normalized spacial score (nSPS) is 11.6. The van der Waals surface area contributed by atoms with Crippen LogP contribution in [0.2, 0.25) is 0 Å². The number of ether oxygens (including phenoxy) is 1. The second-order valence-corrected chi connectivity index (χ2v) is 5.70. The van der Waals surface area contributed by atoms with Crippen molar-refractivity contribution in [1.82, 2.24) is 5.32 Å². The van der Waals surface area contributed by atoms with E-state index in [9.17, 15) is 13.2 Å². The van der Waals surface area contributed by atoms with Gasteiger partial charge in [-0.25, -0.2) is 0 Å². The molecule has 0 aliphatic heterocycles. The van der Waals surface area contributed by atoms with Crippen LogP contribution >= 0.6 is 27.7 Å². The van der Waals surface area contributed by atoms with Gasteiger partial charge in [-0.15, -0.1) is 0 Å². The third-order valence-corrected chi connectivity index (χ3v) is 3.50. The highest BCUT2D eigenvalue weighted by Crippen LogP contribution is 2.30. The van der Waals surface area contributed by atoms with E-state index < -0.39 is 5.51 Å². The van der Waals surface area contributed by atoms with Crippen LogP contribution in [0.25, 0.3) is 0 Å². The molecule has 19 heavy (non-hydrogen) atoms. The summed E-state index contributed by atoms with van der Waals surface area (Å²) >= 11 is 3.27. The highest BCUT2D eigenvalue weighted by atomic mass is 79.9. The van der Waals surface area contributed by atoms with Crippen molar-refractivity contribution in [3.63, 3.8) is 0 Å². The lowest BCUT2D eigenvalue weighted by molar-refractivity contribution is -0.0329. The lowest BCUT2D eigenvalue weighted by atomic mass is 10.2. The first-order chi connectivity index (χ1) is 8.92. The summed E-state index contributed by atoms with van der Waals surface area (Å²) < 4.78 is 41.8. The van der Waals surface area contributed by atoms with Gasteiger partial charge in [-0.1, -0.05) is 13.0 Å². The molecular formula is C12H15BrF3NOS. The molecule has 1 aromatic carbocycles. The molecule has 2 nitrogen and oxygen atoms in total. The van der Waals surface area contributed by atoms with Crippen molar-refractivity contribution < 1.29 is 17.9 Å². The fourth-order valence-electron chi connectivity index (χ4n) is 1.35. The number of rotatable bonds is 7.